The fraction of sp³-hybridized carbons (Fsp3) is 0.346. The van der Waals surface area contributed by atoms with E-state index in [4.69, 9.17) is 4.74 Å². The van der Waals surface area contributed by atoms with Crippen LogP contribution >= 0.6 is 0 Å². The number of hydrogen-bond acceptors (Lipinski definition) is 5. The second kappa shape index (κ2) is 10.3. The minimum atomic E-state index is 0.0000373. The number of aromatic nitrogens is 2. The van der Waals surface area contributed by atoms with E-state index in [1.54, 1.807) is 12.4 Å². The van der Waals surface area contributed by atoms with Gasteiger partial charge in [0, 0.05) is 31.4 Å². The zero-order chi connectivity index (χ0) is 22.3. The van der Waals surface area contributed by atoms with Crippen LogP contribution in [0.15, 0.2) is 67.0 Å². The van der Waals surface area contributed by atoms with Gasteiger partial charge in [0.05, 0.1) is 6.04 Å². The number of hydrogen-bond donors (Lipinski definition) is 1. The molecular formula is C26H30N4O2. The van der Waals surface area contributed by atoms with Crippen molar-refractivity contribution in [2.24, 2.45) is 5.92 Å². The van der Waals surface area contributed by atoms with Crippen molar-refractivity contribution in [2.45, 2.75) is 39.2 Å². The van der Waals surface area contributed by atoms with Gasteiger partial charge in [0.15, 0.2) is 5.82 Å². The van der Waals surface area contributed by atoms with Crippen LogP contribution in [0, 0.1) is 5.92 Å². The summed E-state index contributed by atoms with van der Waals surface area (Å²) in [7, 11) is 0. The Morgan fingerprint density at radius 3 is 2.44 bits per heavy atom. The van der Waals surface area contributed by atoms with Crippen LogP contribution in [0.1, 0.15) is 43.9 Å². The van der Waals surface area contributed by atoms with Gasteiger partial charge >= 0.3 is 0 Å². The average molecular weight is 431 g/mol. The Morgan fingerprint density at radius 2 is 1.75 bits per heavy atom. The van der Waals surface area contributed by atoms with Crippen molar-refractivity contribution in [1.82, 2.24) is 15.3 Å². The number of anilines is 1. The van der Waals surface area contributed by atoms with E-state index in [1.807, 2.05) is 49.4 Å². The van der Waals surface area contributed by atoms with E-state index in [9.17, 15) is 4.79 Å². The lowest BCUT2D eigenvalue weighted by atomic mass is 9.95. The first-order valence-corrected chi connectivity index (χ1v) is 11.3. The van der Waals surface area contributed by atoms with E-state index in [-0.39, 0.29) is 17.9 Å². The third-order valence-electron chi connectivity index (χ3n) is 6.02. The van der Waals surface area contributed by atoms with Crippen molar-refractivity contribution >= 4 is 11.7 Å². The maximum absolute atomic E-state index is 12.8. The molecule has 0 aliphatic carbocycles. The van der Waals surface area contributed by atoms with Crippen LogP contribution in [0.5, 0.6) is 11.6 Å². The maximum Gasteiger partial charge on any atom is 0.263 e. The number of nitrogens with zero attached hydrogens (tertiary/aromatic N) is 3. The number of rotatable bonds is 7. The molecule has 0 unspecified atom stereocenters. The minimum Gasteiger partial charge on any atom is -0.436 e. The van der Waals surface area contributed by atoms with E-state index in [2.05, 4.69) is 39.2 Å². The molecule has 1 aliphatic heterocycles. The molecule has 166 valence electrons. The first-order valence-electron chi connectivity index (χ1n) is 11.3. The minimum absolute atomic E-state index is 0.0000373. The molecule has 0 bridgehead atoms. The molecule has 6 heteroatoms. The molecule has 6 nitrogen and oxygen atoms in total. The first kappa shape index (κ1) is 21.8. The molecule has 32 heavy (non-hydrogen) atoms. The molecule has 4 rings (SSSR count). The summed E-state index contributed by atoms with van der Waals surface area (Å²) >= 11 is 0. The van der Waals surface area contributed by atoms with Crippen molar-refractivity contribution in [1.29, 1.82) is 0 Å². The van der Waals surface area contributed by atoms with Gasteiger partial charge in [-0.2, -0.15) is 0 Å². The number of ether oxygens (including phenoxy) is 1. The SMILES string of the molecule is CCc1ccc(Oc2nccnc2N2CCC(C(=O)N[C@H](C)c3ccccc3)CC2)cc1. The highest BCUT2D eigenvalue weighted by Gasteiger charge is 2.28. The van der Waals surface area contributed by atoms with Crippen molar-refractivity contribution in [2.75, 3.05) is 18.0 Å². The van der Waals surface area contributed by atoms with E-state index in [0.29, 0.717) is 5.88 Å². The van der Waals surface area contributed by atoms with Crippen molar-refractivity contribution in [3.63, 3.8) is 0 Å². The van der Waals surface area contributed by atoms with Crippen LogP contribution in [0.3, 0.4) is 0 Å². The largest absolute Gasteiger partial charge is 0.436 e. The second-order valence-electron chi connectivity index (χ2n) is 8.19. The third-order valence-corrected chi connectivity index (χ3v) is 6.02. The highest BCUT2D eigenvalue weighted by atomic mass is 16.5. The number of amides is 1. The van der Waals surface area contributed by atoms with E-state index < -0.39 is 0 Å². The second-order valence-corrected chi connectivity index (χ2v) is 8.19. The molecule has 1 aliphatic rings. The molecule has 2 heterocycles. The number of carbonyl (C=O) groups excluding carboxylic acids is 1. The van der Waals surface area contributed by atoms with Crippen LogP contribution in [0.25, 0.3) is 0 Å². The summed E-state index contributed by atoms with van der Waals surface area (Å²) in [6.07, 6.45) is 5.86. The summed E-state index contributed by atoms with van der Waals surface area (Å²) in [4.78, 5) is 23.9. The molecule has 0 spiro atoms. The lowest BCUT2D eigenvalue weighted by Crippen LogP contribution is -2.41. The molecule has 1 amide bonds. The quantitative estimate of drug-likeness (QED) is 0.576. The van der Waals surface area contributed by atoms with Gasteiger partial charge in [0.1, 0.15) is 5.75 Å². The normalized spacial score (nSPS) is 15.2. The molecular weight excluding hydrogens is 400 g/mol. The zero-order valence-corrected chi connectivity index (χ0v) is 18.7. The molecule has 1 aromatic heterocycles. The van der Waals surface area contributed by atoms with Crippen LogP contribution in [-0.4, -0.2) is 29.0 Å². The number of aryl methyl sites for hydroxylation is 1. The monoisotopic (exact) mass is 430 g/mol. The zero-order valence-electron chi connectivity index (χ0n) is 18.7. The van der Waals surface area contributed by atoms with Gasteiger partial charge in [-0.3, -0.25) is 4.79 Å². The summed E-state index contributed by atoms with van der Waals surface area (Å²) in [6, 6.07) is 18.1. The first-order chi connectivity index (χ1) is 15.6. The fourth-order valence-electron chi connectivity index (χ4n) is 4.02. The number of benzene rings is 2. The van der Waals surface area contributed by atoms with E-state index in [1.165, 1.54) is 5.56 Å². The Hall–Kier alpha value is -3.41. The summed E-state index contributed by atoms with van der Waals surface area (Å²) in [5.74, 6) is 2.08. The summed E-state index contributed by atoms with van der Waals surface area (Å²) in [5, 5.41) is 3.16. The number of piperidine rings is 1. The Morgan fingerprint density at radius 1 is 1.06 bits per heavy atom. The lowest BCUT2D eigenvalue weighted by molar-refractivity contribution is -0.126. The Balaban J connectivity index is 1.36. The highest BCUT2D eigenvalue weighted by molar-refractivity contribution is 5.79. The predicted molar refractivity (Wildman–Crippen MR) is 126 cm³/mol. The number of carbonyl (C=O) groups is 1. The summed E-state index contributed by atoms with van der Waals surface area (Å²) in [6.45, 7) is 5.63. The van der Waals surface area contributed by atoms with Crippen molar-refractivity contribution in [3.8, 4) is 11.6 Å². The summed E-state index contributed by atoms with van der Waals surface area (Å²) < 4.78 is 6.04. The maximum atomic E-state index is 12.8. The molecule has 0 radical (unpaired) electrons. The standard InChI is InChI=1S/C26H30N4O2/c1-3-20-9-11-23(12-10-20)32-26-24(27-15-16-28-26)30-17-13-22(14-18-30)25(31)29-19(2)21-7-5-4-6-8-21/h4-12,15-16,19,22H,3,13-14,17-18H2,1-2H3,(H,29,31)/t19-/m1/s1. The molecule has 1 N–H and O–H groups in total. The van der Waals surface area contributed by atoms with E-state index >= 15 is 0 Å². The molecule has 0 saturated carbocycles. The Labute approximate surface area is 189 Å². The smallest absolute Gasteiger partial charge is 0.263 e. The third kappa shape index (κ3) is 5.25. The Kier molecular flexibility index (Phi) is 7.00. The fourth-order valence-corrected chi connectivity index (χ4v) is 4.02. The molecule has 1 saturated heterocycles. The van der Waals surface area contributed by atoms with E-state index in [0.717, 1.165) is 49.5 Å². The van der Waals surface area contributed by atoms with Gasteiger partial charge in [-0.05, 0) is 49.4 Å². The van der Waals surface area contributed by atoms with Gasteiger partial charge in [0.25, 0.3) is 5.88 Å². The van der Waals surface area contributed by atoms with Crippen LogP contribution < -0.4 is 15.0 Å². The Bertz CT molecular complexity index is 1020. The van der Waals surface area contributed by atoms with Gasteiger partial charge < -0.3 is 15.0 Å². The molecule has 1 fully saturated rings. The number of nitrogens with one attached hydrogen (secondary N) is 1. The van der Waals surface area contributed by atoms with Gasteiger partial charge in [-0.25, -0.2) is 9.97 Å². The van der Waals surface area contributed by atoms with Crippen molar-refractivity contribution in [3.05, 3.63) is 78.1 Å². The van der Waals surface area contributed by atoms with Crippen LogP contribution in [0.2, 0.25) is 0 Å². The molecule has 3 aromatic rings. The van der Waals surface area contributed by atoms with Crippen LogP contribution in [0.4, 0.5) is 5.82 Å². The lowest BCUT2D eigenvalue weighted by Gasteiger charge is -2.33. The van der Waals surface area contributed by atoms with Gasteiger partial charge in [0.2, 0.25) is 5.91 Å². The topological polar surface area (TPSA) is 67.4 Å². The highest BCUT2D eigenvalue weighted by Crippen LogP contribution is 2.31. The average Bonchev–Trinajstić information content (AvgIpc) is 2.85. The molecule has 2 aromatic carbocycles. The van der Waals surface area contributed by atoms with Gasteiger partial charge in [-0.1, -0.05) is 49.4 Å². The predicted octanol–water partition coefficient (Wildman–Crippen LogP) is 4.93. The van der Waals surface area contributed by atoms with Crippen LogP contribution in [-0.2, 0) is 11.2 Å². The van der Waals surface area contributed by atoms with Crippen molar-refractivity contribution < 1.29 is 9.53 Å². The van der Waals surface area contributed by atoms with Gasteiger partial charge in [-0.15, -0.1) is 0 Å². The molecule has 1 atom stereocenters. The summed E-state index contributed by atoms with van der Waals surface area (Å²) in [5.41, 5.74) is 2.38.